The van der Waals surface area contributed by atoms with Gasteiger partial charge in [-0.15, -0.1) is 0 Å². The second-order valence-corrected chi connectivity index (χ2v) is 8.14. The molecule has 0 N–H and O–H groups in total. The van der Waals surface area contributed by atoms with Crippen LogP contribution in [0.2, 0.25) is 0 Å². The van der Waals surface area contributed by atoms with E-state index >= 15 is 0 Å². The van der Waals surface area contributed by atoms with Gasteiger partial charge in [0.25, 0.3) is 0 Å². The molecule has 4 nitrogen and oxygen atoms in total. The summed E-state index contributed by atoms with van der Waals surface area (Å²) in [7, 11) is 0. The highest BCUT2D eigenvalue weighted by atomic mass is 15.2. The normalized spacial score (nSPS) is 17.8. The van der Waals surface area contributed by atoms with Gasteiger partial charge in [-0.1, -0.05) is 49.4 Å². The Morgan fingerprint density at radius 2 is 1.77 bits per heavy atom. The van der Waals surface area contributed by atoms with Gasteiger partial charge in [0, 0.05) is 17.7 Å². The molecule has 0 amide bonds. The van der Waals surface area contributed by atoms with Crippen LogP contribution in [0.1, 0.15) is 52.7 Å². The van der Waals surface area contributed by atoms with E-state index in [1.807, 2.05) is 25.1 Å². The van der Waals surface area contributed by atoms with E-state index in [1.54, 1.807) is 0 Å². The Bertz CT molecular complexity index is 1320. The molecule has 1 aliphatic rings. The van der Waals surface area contributed by atoms with Crippen molar-refractivity contribution in [1.82, 2.24) is 14.5 Å². The van der Waals surface area contributed by atoms with Gasteiger partial charge >= 0.3 is 0 Å². The molecule has 1 aliphatic carbocycles. The number of hydrogen-bond donors (Lipinski definition) is 0. The average Bonchev–Trinajstić information content (AvgIpc) is 3.33. The first-order valence-electron chi connectivity index (χ1n) is 10.5. The van der Waals surface area contributed by atoms with Crippen LogP contribution in [-0.4, -0.2) is 14.5 Å². The second-order valence-electron chi connectivity index (χ2n) is 8.14. The molecule has 30 heavy (non-hydrogen) atoms. The lowest BCUT2D eigenvalue weighted by atomic mass is 9.81. The number of imidazole rings is 1. The molecule has 0 saturated heterocycles. The Labute approximate surface area is 176 Å². The number of nitriles is 1. The third-order valence-electron chi connectivity index (χ3n) is 6.41. The first-order chi connectivity index (χ1) is 14.6. The quantitative estimate of drug-likeness (QED) is 0.480. The molecule has 4 aromatic rings. The van der Waals surface area contributed by atoms with Gasteiger partial charge in [0.1, 0.15) is 11.3 Å². The van der Waals surface area contributed by atoms with Gasteiger partial charge in [-0.05, 0) is 55.5 Å². The van der Waals surface area contributed by atoms with Crippen molar-refractivity contribution in [3.05, 3.63) is 93.9 Å². The highest BCUT2D eigenvalue weighted by molar-refractivity contribution is 5.77. The number of aryl methyl sites for hydroxylation is 4. The number of hydrogen-bond acceptors (Lipinski definition) is 3. The highest BCUT2D eigenvalue weighted by Crippen LogP contribution is 2.48. The van der Waals surface area contributed by atoms with Gasteiger partial charge in [-0.3, -0.25) is 4.57 Å². The average molecular weight is 393 g/mol. The van der Waals surface area contributed by atoms with Gasteiger partial charge in [-0.25, -0.2) is 9.97 Å². The summed E-state index contributed by atoms with van der Waals surface area (Å²) in [5.41, 5.74) is 7.83. The van der Waals surface area contributed by atoms with Crippen molar-refractivity contribution in [2.24, 2.45) is 0 Å². The minimum absolute atomic E-state index is 0.490. The highest BCUT2D eigenvalue weighted by Gasteiger charge is 2.45. The van der Waals surface area contributed by atoms with E-state index in [0.29, 0.717) is 5.56 Å². The van der Waals surface area contributed by atoms with Crippen molar-refractivity contribution in [2.45, 2.75) is 45.6 Å². The van der Waals surface area contributed by atoms with Crippen LogP contribution in [-0.2, 0) is 18.4 Å². The maximum Gasteiger partial charge on any atom is 0.161 e. The maximum absolute atomic E-state index is 9.98. The molecular weight excluding hydrogens is 368 g/mol. The minimum atomic E-state index is -0.490. The van der Waals surface area contributed by atoms with Crippen LogP contribution in [0, 0.1) is 25.2 Å². The topological polar surface area (TPSA) is 54.5 Å². The van der Waals surface area contributed by atoms with Crippen LogP contribution in [0.5, 0.6) is 0 Å². The monoisotopic (exact) mass is 392 g/mol. The predicted molar refractivity (Wildman–Crippen MR) is 118 cm³/mol. The van der Waals surface area contributed by atoms with E-state index in [-0.39, 0.29) is 0 Å². The lowest BCUT2D eigenvalue weighted by Crippen LogP contribution is -2.36. The third kappa shape index (κ3) is 2.45. The standard InChI is InChI=1S/C26H24N4/c1-4-23-29-24-17(2)15-18(3)28-25(24)30(23)26(22-12-8-6-10-20(22)16-27)14-13-19-9-5-7-11-21(19)26/h5-12,15H,4,13-14H2,1-3H3/t26-/m1/s1. The fourth-order valence-corrected chi connectivity index (χ4v) is 5.21. The summed E-state index contributed by atoms with van der Waals surface area (Å²) < 4.78 is 2.34. The van der Waals surface area contributed by atoms with Gasteiger partial charge in [0.2, 0.25) is 0 Å². The van der Waals surface area contributed by atoms with Gasteiger partial charge in [0.15, 0.2) is 5.65 Å². The SMILES string of the molecule is CCc1nc2c(C)cc(C)nc2n1[C@]1(c2ccccc2C#N)CCc2ccccc21. The first-order valence-corrected chi connectivity index (χ1v) is 10.5. The maximum atomic E-state index is 9.98. The molecule has 0 saturated carbocycles. The summed E-state index contributed by atoms with van der Waals surface area (Å²) in [4.78, 5) is 10.00. The minimum Gasteiger partial charge on any atom is -0.298 e. The van der Waals surface area contributed by atoms with Crippen molar-refractivity contribution >= 4 is 11.2 Å². The van der Waals surface area contributed by atoms with E-state index in [0.717, 1.165) is 53.1 Å². The van der Waals surface area contributed by atoms with Crippen molar-refractivity contribution in [3.63, 3.8) is 0 Å². The van der Waals surface area contributed by atoms with Gasteiger partial charge < -0.3 is 0 Å². The summed E-state index contributed by atoms with van der Waals surface area (Å²) in [6, 6.07) is 21.2. The molecule has 2 heterocycles. The molecule has 5 rings (SSSR count). The lowest BCUT2D eigenvalue weighted by molar-refractivity contribution is 0.422. The van der Waals surface area contributed by atoms with Crippen molar-refractivity contribution in [3.8, 4) is 6.07 Å². The Balaban J connectivity index is 1.98. The van der Waals surface area contributed by atoms with E-state index in [1.165, 1.54) is 11.1 Å². The number of benzene rings is 2. The summed E-state index contributed by atoms with van der Waals surface area (Å²) in [5.74, 6) is 1.01. The molecule has 0 spiro atoms. The third-order valence-corrected chi connectivity index (χ3v) is 6.41. The molecule has 4 heteroatoms. The number of pyridine rings is 1. The first kappa shape index (κ1) is 18.6. The Morgan fingerprint density at radius 3 is 2.53 bits per heavy atom. The zero-order chi connectivity index (χ0) is 20.9. The van der Waals surface area contributed by atoms with E-state index in [4.69, 9.17) is 9.97 Å². The predicted octanol–water partition coefficient (Wildman–Crippen LogP) is 5.22. The van der Waals surface area contributed by atoms with Crippen molar-refractivity contribution < 1.29 is 0 Å². The van der Waals surface area contributed by atoms with Gasteiger partial charge in [-0.2, -0.15) is 5.26 Å². The molecule has 2 aromatic heterocycles. The summed E-state index contributed by atoms with van der Waals surface area (Å²) in [6.45, 7) is 6.28. The zero-order valence-corrected chi connectivity index (χ0v) is 17.6. The van der Waals surface area contributed by atoms with Crippen LogP contribution >= 0.6 is 0 Å². The summed E-state index contributed by atoms with van der Waals surface area (Å²) in [6.07, 6.45) is 2.65. The van der Waals surface area contributed by atoms with Crippen LogP contribution in [0.15, 0.2) is 54.6 Å². The number of aromatic nitrogens is 3. The summed E-state index contributed by atoms with van der Waals surface area (Å²) in [5, 5.41) is 9.98. The zero-order valence-electron chi connectivity index (χ0n) is 17.6. The van der Waals surface area contributed by atoms with E-state index < -0.39 is 5.54 Å². The molecule has 1 atom stereocenters. The van der Waals surface area contributed by atoms with Crippen LogP contribution in [0.25, 0.3) is 11.2 Å². The Morgan fingerprint density at radius 1 is 1.03 bits per heavy atom. The molecule has 0 unspecified atom stereocenters. The van der Waals surface area contributed by atoms with Crippen LogP contribution < -0.4 is 0 Å². The van der Waals surface area contributed by atoms with Crippen molar-refractivity contribution in [2.75, 3.05) is 0 Å². The van der Waals surface area contributed by atoms with Crippen LogP contribution in [0.4, 0.5) is 0 Å². The Hall–Kier alpha value is -3.45. The molecule has 148 valence electrons. The van der Waals surface area contributed by atoms with Crippen molar-refractivity contribution in [1.29, 1.82) is 5.26 Å². The van der Waals surface area contributed by atoms with E-state index in [9.17, 15) is 5.26 Å². The largest absolute Gasteiger partial charge is 0.298 e. The summed E-state index contributed by atoms with van der Waals surface area (Å²) >= 11 is 0. The number of fused-ring (bicyclic) bond motifs is 2. The molecule has 2 aromatic carbocycles. The molecule has 0 radical (unpaired) electrons. The fourth-order valence-electron chi connectivity index (χ4n) is 5.21. The molecule has 0 bridgehead atoms. The number of nitrogens with zero attached hydrogens (tertiary/aromatic N) is 4. The number of rotatable bonds is 3. The van der Waals surface area contributed by atoms with E-state index in [2.05, 4.69) is 60.9 Å². The second kappa shape index (κ2) is 6.81. The molecule has 0 fully saturated rings. The molecular formula is C26H24N4. The smallest absolute Gasteiger partial charge is 0.161 e. The Kier molecular flexibility index (Phi) is 4.22. The molecule has 0 aliphatic heterocycles. The van der Waals surface area contributed by atoms with Crippen LogP contribution in [0.3, 0.4) is 0 Å². The fraction of sp³-hybridized carbons (Fsp3) is 0.269. The van der Waals surface area contributed by atoms with Gasteiger partial charge in [0.05, 0.1) is 17.2 Å². The lowest BCUT2D eigenvalue weighted by Gasteiger charge is -2.35.